The minimum absolute atomic E-state index is 0.568. The Bertz CT molecular complexity index is 469. The third kappa shape index (κ3) is 3.24. The van der Waals surface area contributed by atoms with Gasteiger partial charge in [0.1, 0.15) is 0 Å². The average Bonchev–Trinajstić information content (AvgIpc) is 2.95. The van der Waals surface area contributed by atoms with Gasteiger partial charge in [-0.2, -0.15) is 13.2 Å². The molecule has 2 atom stereocenters. The topological polar surface area (TPSA) is 15.3 Å². The molecule has 2 unspecified atom stereocenters. The van der Waals surface area contributed by atoms with Gasteiger partial charge < -0.3 is 5.32 Å². The minimum Gasteiger partial charge on any atom is -0.317 e. The molecule has 1 aliphatic carbocycles. The zero-order valence-corrected chi connectivity index (χ0v) is 12.2. The second-order valence-corrected chi connectivity index (χ2v) is 6.37. The van der Waals surface area contributed by atoms with Crippen LogP contribution in [0, 0.1) is 11.8 Å². The molecule has 1 aromatic carbocycles. The molecule has 2 nitrogen and oxygen atoms in total. The molecule has 1 heterocycles. The Balaban J connectivity index is 1.57. The lowest BCUT2D eigenvalue weighted by Gasteiger charge is -2.19. The highest BCUT2D eigenvalue weighted by Crippen LogP contribution is 2.38. The first kappa shape index (κ1) is 14.9. The molecule has 0 aromatic heterocycles. The van der Waals surface area contributed by atoms with Crippen LogP contribution >= 0.6 is 0 Å². The molecule has 116 valence electrons. The maximum Gasteiger partial charge on any atom is 0.416 e. The number of hydrogen-bond donors (Lipinski definition) is 1. The molecule has 0 radical (unpaired) electrons. The molecule has 1 aliphatic heterocycles. The van der Waals surface area contributed by atoms with Crippen LogP contribution in [0.2, 0.25) is 0 Å². The Morgan fingerprint density at radius 2 is 1.67 bits per heavy atom. The van der Waals surface area contributed by atoms with Gasteiger partial charge >= 0.3 is 6.18 Å². The molecular weight excluding hydrogens is 277 g/mol. The quantitative estimate of drug-likeness (QED) is 0.922. The fraction of sp³-hybridized carbons (Fsp3) is 0.625. The summed E-state index contributed by atoms with van der Waals surface area (Å²) in [7, 11) is 2.02. The Labute approximate surface area is 123 Å². The molecule has 0 amide bonds. The van der Waals surface area contributed by atoms with E-state index in [1.54, 1.807) is 12.1 Å². The zero-order valence-electron chi connectivity index (χ0n) is 12.2. The lowest BCUT2D eigenvalue weighted by molar-refractivity contribution is -0.137. The largest absolute Gasteiger partial charge is 0.416 e. The van der Waals surface area contributed by atoms with E-state index in [0.29, 0.717) is 6.04 Å². The van der Waals surface area contributed by atoms with Crippen LogP contribution in [0.4, 0.5) is 13.2 Å². The van der Waals surface area contributed by atoms with Crippen molar-refractivity contribution in [2.75, 3.05) is 20.1 Å². The molecule has 3 rings (SSSR count). The van der Waals surface area contributed by atoms with Gasteiger partial charge in [-0.15, -0.1) is 0 Å². The molecule has 0 bridgehead atoms. The van der Waals surface area contributed by atoms with Gasteiger partial charge in [0, 0.05) is 25.7 Å². The van der Waals surface area contributed by atoms with Crippen molar-refractivity contribution in [3.63, 3.8) is 0 Å². The van der Waals surface area contributed by atoms with E-state index in [4.69, 9.17) is 0 Å². The highest BCUT2D eigenvalue weighted by atomic mass is 19.4. The summed E-state index contributed by atoms with van der Waals surface area (Å²) in [5, 5.41) is 3.35. The Kier molecular flexibility index (Phi) is 3.97. The van der Waals surface area contributed by atoms with Gasteiger partial charge in [0.15, 0.2) is 0 Å². The summed E-state index contributed by atoms with van der Waals surface area (Å²) in [6.45, 7) is 2.91. The van der Waals surface area contributed by atoms with Crippen molar-refractivity contribution in [3.05, 3.63) is 35.4 Å². The first-order chi connectivity index (χ1) is 9.95. The molecule has 1 saturated heterocycles. The number of likely N-dealkylation sites (tertiary alicyclic amines) is 1. The van der Waals surface area contributed by atoms with Gasteiger partial charge in [0.05, 0.1) is 5.56 Å². The molecule has 2 aliphatic rings. The number of nitrogens with one attached hydrogen (secondary N) is 1. The van der Waals surface area contributed by atoms with Crippen molar-refractivity contribution in [1.29, 1.82) is 0 Å². The lowest BCUT2D eigenvalue weighted by Crippen LogP contribution is -2.27. The van der Waals surface area contributed by atoms with Crippen molar-refractivity contribution in [2.24, 2.45) is 11.8 Å². The molecule has 21 heavy (non-hydrogen) atoms. The van der Waals surface area contributed by atoms with Gasteiger partial charge in [-0.1, -0.05) is 12.1 Å². The third-order valence-electron chi connectivity index (χ3n) is 4.92. The van der Waals surface area contributed by atoms with Crippen LogP contribution in [-0.2, 0) is 12.7 Å². The van der Waals surface area contributed by atoms with E-state index in [2.05, 4.69) is 10.2 Å². The fourth-order valence-corrected chi connectivity index (χ4v) is 3.82. The first-order valence-corrected chi connectivity index (χ1v) is 7.51. The van der Waals surface area contributed by atoms with Crippen molar-refractivity contribution in [2.45, 2.75) is 31.6 Å². The predicted octanol–water partition coefficient (Wildman–Crippen LogP) is 3.14. The number of benzene rings is 1. The van der Waals surface area contributed by atoms with E-state index in [0.717, 1.165) is 37.0 Å². The summed E-state index contributed by atoms with van der Waals surface area (Å²) < 4.78 is 37.6. The van der Waals surface area contributed by atoms with Crippen LogP contribution in [0.25, 0.3) is 0 Å². The van der Waals surface area contributed by atoms with E-state index in [1.807, 2.05) is 7.05 Å². The summed E-state index contributed by atoms with van der Waals surface area (Å²) in [6.07, 6.45) is -1.79. The maximum absolute atomic E-state index is 12.5. The highest BCUT2D eigenvalue weighted by molar-refractivity contribution is 5.24. The number of halogens is 3. The standard InChI is InChI=1S/C16H21F3N2/c1-20-15-6-12-9-21(10-13(12)7-15)8-11-2-4-14(5-3-11)16(17,18)19/h2-5,12-13,15,20H,6-10H2,1H3. The van der Waals surface area contributed by atoms with Crippen LogP contribution in [0.3, 0.4) is 0 Å². The van der Waals surface area contributed by atoms with E-state index >= 15 is 0 Å². The average molecular weight is 298 g/mol. The molecule has 1 aromatic rings. The molecule has 5 heteroatoms. The molecular formula is C16H21F3N2. The zero-order chi connectivity index (χ0) is 15.0. The normalized spacial score (nSPS) is 29.8. The van der Waals surface area contributed by atoms with E-state index in [1.165, 1.54) is 25.0 Å². The third-order valence-corrected chi connectivity index (χ3v) is 4.92. The smallest absolute Gasteiger partial charge is 0.317 e. The summed E-state index contributed by atoms with van der Waals surface area (Å²) in [5.41, 5.74) is 0.398. The van der Waals surface area contributed by atoms with Crippen molar-refractivity contribution in [1.82, 2.24) is 10.2 Å². The molecule has 2 fully saturated rings. The van der Waals surface area contributed by atoms with Crippen molar-refractivity contribution in [3.8, 4) is 0 Å². The summed E-state index contributed by atoms with van der Waals surface area (Å²) in [6, 6.07) is 6.22. The van der Waals surface area contributed by atoms with Crippen LogP contribution in [0.15, 0.2) is 24.3 Å². The van der Waals surface area contributed by atoms with Gasteiger partial charge in [-0.3, -0.25) is 4.90 Å². The van der Waals surface area contributed by atoms with Crippen LogP contribution in [0.1, 0.15) is 24.0 Å². The fourth-order valence-electron chi connectivity index (χ4n) is 3.82. The second kappa shape index (κ2) is 5.61. The summed E-state index contributed by atoms with van der Waals surface area (Å²) in [5.74, 6) is 1.49. The van der Waals surface area contributed by atoms with Crippen molar-refractivity contribution >= 4 is 0 Å². The second-order valence-electron chi connectivity index (χ2n) is 6.37. The predicted molar refractivity (Wildman–Crippen MR) is 75.8 cm³/mol. The number of fused-ring (bicyclic) bond motifs is 1. The minimum atomic E-state index is -4.24. The van der Waals surface area contributed by atoms with Crippen LogP contribution in [-0.4, -0.2) is 31.1 Å². The SMILES string of the molecule is CNC1CC2CN(Cc3ccc(C(F)(F)F)cc3)CC2C1. The number of rotatable bonds is 3. The summed E-state index contributed by atoms with van der Waals surface area (Å²) >= 11 is 0. The van der Waals surface area contributed by atoms with Gasteiger partial charge in [-0.25, -0.2) is 0 Å². The molecule has 0 spiro atoms. The van der Waals surface area contributed by atoms with Gasteiger partial charge in [-0.05, 0) is 49.4 Å². The summed E-state index contributed by atoms with van der Waals surface area (Å²) in [4.78, 5) is 2.38. The number of alkyl halides is 3. The molecule has 1 N–H and O–H groups in total. The Morgan fingerprint density at radius 1 is 1.10 bits per heavy atom. The number of hydrogen-bond acceptors (Lipinski definition) is 2. The first-order valence-electron chi connectivity index (χ1n) is 7.51. The molecule has 1 saturated carbocycles. The van der Waals surface area contributed by atoms with E-state index in [9.17, 15) is 13.2 Å². The maximum atomic E-state index is 12.5. The van der Waals surface area contributed by atoms with Crippen molar-refractivity contribution < 1.29 is 13.2 Å². The highest BCUT2D eigenvalue weighted by Gasteiger charge is 2.40. The Hall–Kier alpha value is -1.07. The number of nitrogens with zero attached hydrogens (tertiary/aromatic N) is 1. The van der Waals surface area contributed by atoms with Crippen LogP contribution in [0.5, 0.6) is 0 Å². The van der Waals surface area contributed by atoms with Gasteiger partial charge in [0.2, 0.25) is 0 Å². The van der Waals surface area contributed by atoms with E-state index in [-0.39, 0.29) is 0 Å². The van der Waals surface area contributed by atoms with E-state index < -0.39 is 11.7 Å². The monoisotopic (exact) mass is 298 g/mol. The lowest BCUT2D eigenvalue weighted by atomic mass is 10.0. The Morgan fingerprint density at radius 3 is 2.14 bits per heavy atom. The van der Waals surface area contributed by atoms with Gasteiger partial charge in [0.25, 0.3) is 0 Å². The van der Waals surface area contributed by atoms with Crippen LogP contribution < -0.4 is 5.32 Å².